The van der Waals surface area contributed by atoms with E-state index in [2.05, 4.69) is 21.0 Å². The highest BCUT2D eigenvalue weighted by Crippen LogP contribution is 2.39. The van der Waals surface area contributed by atoms with Crippen molar-refractivity contribution in [2.24, 2.45) is 10.7 Å². The summed E-state index contributed by atoms with van der Waals surface area (Å²) in [7, 11) is 0. The molecule has 1 aliphatic heterocycles. The number of hydrogen-bond acceptors (Lipinski definition) is 4. The van der Waals surface area contributed by atoms with Gasteiger partial charge in [-0.15, -0.1) is 0 Å². The lowest BCUT2D eigenvalue weighted by molar-refractivity contribution is 0.671. The van der Waals surface area contributed by atoms with Crippen LogP contribution in [0.5, 0.6) is 0 Å². The normalized spacial score (nSPS) is 20.0. The van der Waals surface area contributed by atoms with E-state index in [4.69, 9.17) is 5.73 Å². The highest BCUT2D eigenvalue weighted by Gasteiger charge is 2.44. The van der Waals surface area contributed by atoms with E-state index in [0.717, 1.165) is 22.2 Å². The number of para-hydroxylation sites is 2. The van der Waals surface area contributed by atoms with Crippen LogP contribution in [0.2, 0.25) is 0 Å². The zero-order valence-corrected chi connectivity index (χ0v) is 11.0. The Bertz CT molecular complexity index is 898. The predicted molar refractivity (Wildman–Crippen MR) is 79.7 cm³/mol. The topological polar surface area (TPSA) is 90.8 Å². The second-order valence-electron chi connectivity index (χ2n) is 4.97. The summed E-state index contributed by atoms with van der Waals surface area (Å²) in [6.45, 7) is 0. The van der Waals surface area contributed by atoms with Crippen molar-refractivity contribution in [3.05, 3.63) is 65.5 Å². The van der Waals surface area contributed by atoms with Crippen molar-refractivity contribution in [2.75, 3.05) is 0 Å². The molecule has 1 aromatic heterocycles. The third kappa shape index (κ3) is 1.44. The molecule has 5 nitrogen and oxygen atoms in total. The fraction of sp³-hybridized carbons (Fsp3) is 0.0625. The van der Waals surface area contributed by atoms with E-state index in [1.54, 1.807) is 0 Å². The molecule has 1 aliphatic rings. The van der Waals surface area contributed by atoms with Gasteiger partial charge in [-0.1, -0.05) is 36.4 Å². The second-order valence-corrected chi connectivity index (χ2v) is 4.97. The fourth-order valence-corrected chi connectivity index (χ4v) is 2.77. The van der Waals surface area contributed by atoms with Gasteiger partial charge in [0.2, 0.25) is 5.54 Å². The molecule has 0 radical (unpaired) electrons. The van der Waals surface area contributed by atoms with Crippen molar-refractivity contribution in [3.63, 3.8) is 0 Å². The summed E-state index contributed by atoms with van der Waals surface area (Å²) in [5.41, 5.74) is 8.03. The Balaban J connectivity index is 2.03. The Morgan fingerprint density at radius 3 is 2.67 bits per heavy atom. The molecule has 0 aliphatic carbocycles. The summed E-state index contributed by atoms with van der Waals surface area (Å²) in [5, 5.41) is 9.79. The number of imidazole rings is 1. The number of fused-ring (bicyclic) bond motifs is 2. The summed E-state index contributed by atoms with van der Waals surface area (Å²) in [6, 6.07) is 17.4. The number of aromatic amines is 1. The average molecular weight is 273 g/mol. The molecular formula is C16H11N5. The van der Waals surface area contributed by atoms with Gasteiger partial charge in [0, 0.05) is 11.1 Å². The van der Waals surface area contributed by atoms with Crippen molar-refractivity contribution in [2.45, 2.75) is 5.54 Å². The van der Waals surface area contributed by atoms with E-state index < -0.39 is 5.54 Å². The molecule has 0 amide bonds. The summed E-state index contributed by atoms with van der Waals surface area (Å²) in [4.78, 5) is 12.1. The Kier molecular flexibility index (Phi) is 2.19. The summed E-state index contributed by atoms with van der Waals surface area (Å²) in [5.74, 6) is 0.867. The van der Waals surface area contributed by atoms with Gasteiger partial charge in [0.25, 0.3) is 0 Å². The average Bonchev–Trinajstić information content (AvgIpc) is 3.08. The van der Waals surface area contributed by atoms with Gasteiger partial charge in [-0.25, -0.2) is 9.98 Å². The smallest absolute Gasteiger partial charge is 0.231 e. The van der Waals surface area contributed by atoms with E-state index >= 15 is 0 Å². The van der Waals surface area contributed by atoms with Gasteiger partial charge < -0.3 is 10.7 Å². The van der Waals surface area contributed by atoms with Crippen LogP contribution in [0.4, 0.5) is 0 Å². The van der Waals surface area contributed by atoms with Crippen LogP contribution in [0.3, 0.4) is 0 Å². The van der Waals surface area contributed by atoms with E-state index in [0.29, 0.717) is 11.7 Å². The zero-order valence-electron chi connectivity index (χ0n) is 11.0. The standard InChI is InChI=1S/C16H11N5/c17-9-16(11-6-2-1-5-10(11)14(18)21-16)15-19-12-7-3-4-8-13(12)20-15/h1-8H,(H2,18,21)(H,19,20). The van der Waals surface area contributed by atoms with Crippen LogP contribution >= 0.6 is 0 Å². The summed E-state index contributed by atoms with van der Waals surface area (Å²) >= 11 is 0. The molecule has 1 atom stereocenters. The Morgan fingerprint density at radius 2 is 1.86 bits per heavy atom. The number of nitrogens with zero attached hydrogens (tertiary/aromatic N) is 3. The molecular weight excluding hydrogens is 262 g/mol. The van der Waals surface area contributed by atoms with Crippen molar-refractivity contribution < 1.29 is 0 Å². The lowest BCUT2D eigenvalue weighted by Crippen LogP contribution is -2.23. The molecule has 3 aromatic rings. The number of H-pyrrole nitrogens is 1. The molecule has 0 saturated heterocycles. The molecule has 3 N–H and O–H groups in total. The maximum Gasteiger partial charge on any atom is 0.231 e. The molecule has 0 saturated carbocycles. The SMILES string of the molecule is N#CC1(c2nc3ccccc3[nH]2)N=C(N)c2ccccc21. The fourth-order valence-electron chi connectivity index (χ4n) is 2.77. The maximum atomic E-state index is 9.79. The lowest BCUT2D eigenvalue weighted by Gasteiger charge is -2.16. The zero-order chi connectivity index (χ0) is 14.4. The summed E-state index contributed by atoms with van der Waals surface area (Å²) < 4.78 is 0. The number of aliphatic imine (C=N–C) groups is 1. The molecule has 0 spiro atoms. The number of hydrogen-bond donors (Lipinski definition) is 2. The largest absolute Gasteiger partial charge is 0.383 e. The Hall–Kier alpha value is -3.13. The first-order valence-corrected chi connectivity index (χ1v) is 6.56. The molecule has 0 bridgehead atoms. The van der Waals surface area contributed by atoms with Crippen LogP contribution in [0, 0.1) is 11.3 Å². The van der Waals surface area contributed by atoms with Gasteiger partial charge in [0.05, 0.1) is 11.0 Å². The third-order valence-corrected chi connectivity index (χ3v) is 3.77. The molecule has 4 rings (SSSR count). The van der Waals surface area contributed by atoms with E-state index in [9.17, 15) is 5.26 Å². The minimum atomic E-state index is -1.19. The minimum absolute atomic E-state index is 0.368. The van der Waals surface area contributed by atoms with Gasteiger partial charge in [-0.3, -0.25) is 0 Å². The van der Waals surface area contributed by atoms with Crippen molar-refractivity contribution >= 4 is 16.9 Å². The van der Waals surface area contributed by atoms with Gasteiger partial charge in [0.15, 0.2) is 5.82 Å². The molecule has 5 heteroatoms. The van der Waals surface area contributed by atoms with Gasteiger partial charge in [-0.2, -0.15) is 5.26 Å². The number of nitrogens with one attached hydrogen (secondary N) is 1. The van der Waals surface area contributed by atoms with E-state index in [-0.39, 0.29) is 0 Å². The van der Waals surface area contributed by atoms with Crippen LogP contribution in [0.1, 0.15) is 17.0 Å². The summed E-state index contributed by atoms with van der Waals surface area (Å²) in [6.07, 6.45) is 0. The molecule has 0 fully saturated rings. The van der Waals surface area contributed by atoms with Crippen molar-refractivity contribution in [3.8, 4) is 6.07 Å². The lowest BCUT2D eigenvalue weighted by atomic mass is 9.90. The molecule has 100 valence electrons. The number of nitriles is 1. The monoisotopic (exact) mass is 273 g/mol. The maximum absolute atomic E-state index is 9.79. The van der Waals surface area contributed by atoms with Crippen LogP contribution < -0.4 is 5.73 Å². The van der Waals surface area contributed by atoms with Gasteiger partial charge >= 0.3 is 0 Å². The number of rotatable bonds is 1. The van der Waals surface area contributed by atoms with Crippen molar-refractivity contribution in [1.82, 2.24) is 9.97 Å². The van der Waals surface area contributed by atoms with E-state index in [1.807, 2.05) is 48.5 Å². The first-order valence-electron chi connectivity index (χ1n) is 6.56. The highest BCUT2D eigenvalue weighted by molar-refractivity contribution is 6.03. The molecule has 2 heterocycles. The first kappa shape index (κ1) is 11.7. The minimum Gasteiger partial charge on any atom is -0.383 e. The quantitative estimate of drug-likeness (QED) is 0.710. The van der Waals surface area contributed by atoms with Crippen LogP contribution in [0.15, 0.2) is 53.5 Å². The molecule has 21 heavy (non-hydrogen) atoms. The van der Waals surface area contributed by atoms with Crippen LogP contribution in [-0.4, -0.2) is 15.8 Å². The van der Waals surface area contributed by atoms with Crippen LogP contribution in [0.25, 0.3) is 11.0 Å². The number of nitrogens with two attached hydrogens (primary N) is 1. The third-order valence-electron chi connectivity index (χ3n) is 3.77. The predicted octanol–water partition coefficient (Wildman–Crippen LogP) is 2.05. The molecule has 1 unspecified atom stereocenters. The second kappa shape index (κ2) is 3.93. The Morgan fingerprint density at radius 1 is 1.10 bits per heavy atom. The first-order chi connectivity index (χ1) is 10.2. The van der Waals surface area contributed by atoms with E-state index in [1.165, 1.54) is 0 Å². The highest BCUT2D eigenvalue weighted by atomic mass is 15.1. The van der Waals surface area contributed by atoms with Gasteiger partial charge in [-0.05, 0) is 12.1 Å². The number of amidine groups is 1. The van der Waals surface area contributed by atoms with Gasteiger partial charge in [0.1, 0.15) is 11.9 Å². The molecule has 2 aromatic carbocycles. The number of aromatic nitrogens is 2. The van der Waals surface area contributed by atoms with Crippen LogP contribution in [-0.2, 0) is 5.54 Å². The van der Waals surface area contributed by atoms with Crippen molar-refractivity contribution in [1.29, 1.82) is 5.26 Å². The Labute approximate surface area is 120 Å². The number of benzene rings is 2.